The molecule has 32 heavy (non-hydrogen) atoms. The normalized spacial score (nSPS) is 25.1. The monoisotopic (exact) mass is 432 g/mol. The quantitative estimate of drug-likeness (QED) is 0.631. The van der Waals surface area contributed by atoms with Gasteiger partial charge in [0.1, 0.15) is 6.04 Å². The van der Waals surface area contributed by atoms with E-state index in [1.54, 1.807) is 4.90 Å². The van der Waals surface area contributed by atoms with E-state index in [2.05, 4.69) is 47.1 Å². The molecular formula is C25H28N4O3. The number of anilines is 1. The smallest absolute Gasteiger partial charge is 0.255 e. The molecule has 0 saturated carbocycles. The second-order valence-corrected chi connectivity index (χ2v) is 9.07. The summed E-state index contributed by atoms with van der Waals surface area (Å²) < 4.78 is 0. The first-order chi connectivity index (χ1) is 15.5. The second-order valence-electron chi connectivity index (χ2n) is 9.07. The lowest BCUT2D eigenvalue weighted by atomic mass is 9.90. The van der Waals surface area contributed by atoms with E-state index in [4.69, 9.17) is 0 Å². The van der Waals surface area contributed by atoms with Gasteiger partial charge in [0.25, 0.3) is 5.91 Å². The average molecular weight is 433 g/mol. The molecule has 0 aromatic heterocycles. The van der Waals surface area contributed by atoms with Crippen molar-refractivity contribution in [1.82, 2.24) is 15.5 Å². The largest absolute Gasteiger partial charge is 0.381 e. The number of carbonyl (C=O) groups is 3. The van der Waals surface area contributed by atoms with Crippen molar-refractivity contribution in [2.75, 3.05) is 18.4 Å². The minimum absolute atomic E-state index is 0.134. The Morgan fingerprint density at radius 3 is 2.59 bits per heavy atom. The van der Waals surface area contributed by atoms with Gasteiger partial charge in [-0.05, 0) is 47.7 Å². The number of carbonyl (C=O) groups excluding carboxylic acids is 3. The number of hydrogen-bond donors (Lipinski definition) is 3. The highest BCUT2D eigenvalue weighted by atomic mass is 16.2. The van der Waals surface area contributed by atoms with Crippen LogP contribution in [0.25, 0.3) is 0 Å². The molecule has 7 nitrogen and oxygen atoms in total. The number of benzene rings is 2. The number of amides is 3. The molecule has 166 valence electrons. The molecule has 0 spiro atoms. The molecule has 2 fully saturated rings. The molecule has 2 saturated heterocycles. The van der Waals surface area contributed by atoms with Crippen molar-refractivity contribution in [1.29, 1.82) is 0 Å². The minimum atomic E-state index is -0.589. The third kappa shape index (κ3) is 3.77. The Kier molecular flexibility index (Phi) is 5.43. The molecule has 2 aromatic carbocycles. The van der Waals surface area contributed by atoms with Crippen LogP contribution in [-0.4, -0.2) is 41.8 Å². The van der Waals surface area contributed by atoms with E-state index in [0.29, 0.717) is 36.9 Å². The Labute approximate surface area is 187 Å². The number of hydrogen-bond acceptors (Lipinski definition) is 5. The van der Waals surface area contributed by atoms with Crippen molar-refractivity contribution in [2.45, 2.75) is 44.8 Å². The molecule has 3 amide bonds. The SMILES string of the molecule is C[C@@H]1CNC[C@H]1c1ccc(NCc2cccc3c2C(=O)N(C2CCC(=O)NC2=O)C3)cc1. The van der Waals surface area contributed by atoms with Gasteiger partial charge in [0.15, 0.2) is 0 Å². The van der Waals surface area contributed by atoms with Crippen LogP contribution in [-0.2, 0) is 22.7 Å². The third-order valence-electron chi connectivity index (χ3n) is 6.98. The Morgan fingerprint density at radius 1 is 1.06 bits per heavy atom. The Morgan fingerprint density at radius 2 is 1.88 bits per heavy atom. The topological polar surface area (TPSA) is 90.5 Å². The highest BCUT2D eigenvalue weighted by Gasteiger charge is 2.39. The van der Waals surface area contributed by atoms with Crippen LogP contribution in [0.15, 0.2) is 42.5 Å². The van der Waals surface area contributed by atoms with Crippen LogP contribution in [0.3, 0.4) is 0 Å². The number of piperidine rings is 1. The zero-order valence-corrected chi connectivity index (χ0v) is 18.2. The lowest BCUT2D eigenvalue weighted by Gasteiger charge is -2.29. The molecule has 3 heterocycles. The number of nitrogens with one attached hydrogen (secondary N) is 3. The number of imide groups is 1. The van der Waals surface area contributed by atoms with Crippen molar-refractivity contribution in [3.8, 4) is 0 Å². The van der Waals surface area contributed by atoms with Crippen LogP contribution in [0.4, 0.5) is 5.69 Å². The fraction of sp³-hybridized carbons (Fsp3) is 0.400. The van der Waals surface area contributed by atoms with Gasteiger partial charge in [0.05, 0.1) is 0 Å². The van der Waals surface area contributed by atoms with Gasteiger partial charge in [0.2, 0.25) is 11.8 Å². The maximum atomic E-state index is 13.2. The van der Waals surface area contributed by atoms with Crippen molar-refractivity contribution in [3.05, 3.63) is 64.7 Å². The lowest BCUT2D eigenvalue weighted by Crippen LogP contribution is -2.52. The lowest BCUT2D eigenvalue weighted by molar-refractivity contribution is -0.136. The van der Waals surface area contributed by atoms with E-state index in [1.807, 2.05) is 18.2 Å². The molecule has 3 aliphatic heterocycles. The summed E-state index contributed by atoms with van der Waals surface area (Å²) in [7, 11) is 0. The molecule has 5 rings (SSSR count). The van der Waals surface area contributed by atoms with Gasteiger partial charge in [-0.3, -0.25) is 19.7 Å². The minimum Gasteiger partial charge on any atom is -0.381 e. The maximum Gasteiger partial charge on any atom is 0.255 e. The first-order valence-electron chi connectivity index (χ1n) is 11.3. The van der Waals surface area contributed by atoms with Crippen LogP contribution in [0.1, 0.15) is 52.7 Å². The number of rotatable bonds is 5. The second kappa shape index (κ2) is 8.39. The molecule has 2 aromatic rings. The highest BCUT2D eigenvalue weighted by molar-refractivity contribution is 6.06. The molecule has 3 N–H and O–H groups in total. The first-order valence-corrected chi connectivity index (χ1v) is 11.3. The van der Waals surface area contributed by atoms with E-state index in [9.17, 15) is 14.4 Å². The fourth-order valence-electron chi connectivity index (χ4n) is 5.14. The molecular weight excluding hydrogens is 404 g/mol. The van der Waals surface area contributed by atoms with Gasteiger partial charge in [-0.15, -0.1) is 0 Å². The Balaban J connectivity index is 1.28. The maximum absolute atomic E-state index is 13.2. The van der Waals surface area contributed by atoms with Gasteiger partial charge < -0.3 is 15.5 Å². The van der Waals surface area contributed by atoms with Gasteiger partial charge in [-0.2, -0.15) is 0 Å². The van der Waals surface area contributed by atoms with Crippen molar-refractivity contribution < 1.29 is 14.4 Å². The summed E-state index contributed by atoms with van der Waals surface area (Å²) in [5.41, 5.74) is 4.88. The Bertz CT molecular complexity index is 1070. The standard InChI is InChI=1S/C25H28N4O3/c1-15-11-26-13-20(15)16-5-7-19(8-6-16)27-12-17-3-2-4-18-14-29(25(32)23(17)18)21-9-10-22(30)28-24(21)31/h2-8,15,20-21,26-27H,9-14H2,1H3,(H,28,30,31)/t15-,20-,21?/m1/s1. The van der Waals surface area contributed by atoms with Crippen LogP contribution < -0.4 is 16.0 Å². The molecule has 0 aliphatic carbocycles. The highest BCUT2D eigenvalue weighted by Crippen LogP contribution is 2.31. The average Bonchev–Trinajstić information content (AvgIpc) is 3.36. The predicted octanol–water partition coefficient (Wildman–Crippen LogP) is 2.38. The molecule has 1 unspecified atom stereocenters. The van der Waals surface area contributed by atoms with Crippen LogP contribution in [0.5, 0.6) is 0 Å². The third-order valence-corrected chi connectivity index (χ3v) is 6.98. The molecule has 0 radical (unpaired) electrons. The summed E-state index contributed by atoms with van der Waals surface area (Å²) in [5.74, 6) is 0.403. The number of nitrogens with zero attached hydrogens (tertiary/aromatic N) is 1. The summed E-state index contributed by atoms with van der Waals surface area (Å²) >= 11 is 0. The Hall–Kier alpha value is -3.19. The van der Waals surface area contributed by atoms with Gasteiger partial charge in [-0.1, -0.05) is 37.3 Å². The van der Waals surface area contributed by atoms with E-state index < -0.39 is 6.04 Å². The molecule has 3 atom stereocenters. The number of fused-ring (bicyclic) bond motifs is 1. The van der Waals surface area contributed by atoms with Gasteiger partial charge >= 0.3 is 0 Å². The molecule has 3 aliphatic rings. The van der Waals surface area contributed by atoms with E-state index in [1.165, 1.54) is 5.56 Å². The molecule has 0 bridgehead atoms. The zero-order chi connectivity index (χ0) is 22.2. The summed E-state index contributed by atoms with van der Waals surface area (Å²) in [4.78, 5) is 38.6. The van der Waals surface area contributed by atoms with Gasteiger partial charge in [0, 0.05) is 43.2 Å². The summed E-state index contributed by atoms with van der Waals surface area (Å²) in [5, 5.41) is 9.24. The first kappa shape index (κ1) is 20.7. The van der Waals surface area contributed by atoms with Crippen LogP contribution in [0, 0.1) is 5.92 Å². The summed E-state index contributed by atoms with van der Waals surface area (Å²) in [6.07, 6.45) is 0.635. The van der Waals surface area contributed by atoms with Crippen LogP contribution >= 0.6 is 0 Å². The summed E-state index contributed by atoms with van der Waals surface area (Å²) in [6, 6.07) is 13.8. The van der Waals surface area contributed by atoms with E-state index >= 15 is 0 Å². The van der Waals surface area contributed by atoms with Crippen LogP contribution in [0.2, 0.25) is 0 Å². The zero-order valence-electron chi connectivity index (χ0n) is 18.2. The molecule has 7 heteroatoms. The van der Waals surface area contributed by atoms with Crippen molar-refractivity contribution in [3.63, 3.8) is 0 Å². The van der Waals surface area contributed by atoms with E-state index in [-0.39, 0.29) is 24.1 Å². The van der Waals surface area contributed by atoms with Crippen molar-refractivity contribution >= 4 is 23.4 Å². The summed E-state index contributed by atoms with van der Waals surface area (Å²) in [6.45, 7) is 5.29. The van der Waals surface area contributed by atoms with Crippen molar-refractivity contribution in [2.24, 2.45) is 5.92 Å². The predicted molar refractivity (Wildman–Crippen MR) is 121 cm³/mol. The fourth-order valence-corrected chi connectivity index (χ4v) is 5.14. The van der Waals surface area contributed by atoms with E-state index in [0.717, 1.165) is 29.9 Å². The van der Waals surface area contributed by atoms with Gasteiger partial charge in [-0.25, -0.2) is 0 Å².